The SMILES string of the molecule is NC(=O)c1ccc(N2C(=O)c3cccc(N)c3C2=O)cc1. The molecule has 1 aliphatic heterocycles. The molecule has 4 N–H and O–H groups in total. The summed E-state index contributed by atoms with van der Waals surface area (Å²) in [4.78, 5) is 36.8. The van der Waals surface area contributed by atoms with Gasteiger partial charge in [0.2, 0.25) is 5.91 Å². The van der Waals surface area contributed by atoms with E-state index >= 15 is 0 Å². The quantitative estimate of drug-likeness (QED) is 0.636. The van der Waals surface area contributed by atoms with Crippen LogP contribution in [0, 0.1) is 0 Å². The van der Waals surface area contributed by atoms with Crippen LogP contribution in [0.4, 0.5) is 11.4 Å². The molecule has 0 fully saturated rings. The largest absolute Gasteiger partial charge is 0.398 e. The molecule has 0 aromatic heterocycles. The number of carbonyl (C=O) groups is 3. The Balaban J connectivity index is 2.06. The average Bonchev–Trinajstić information content (AvgIpc) is 2.72. The second kappa shape index (κ2) is 4.45. The Bertz CT molecular complexity index is 781. The third kappa shape index (κ3) is 1.85. The molecule has 21 heavy (non-hydrogen) atoms. The van der Waals surface area contributed by atoms with E-state index < -0.39 is 17.7 Å². The van der Waals surface area contributed by atoms with Gasteiger partial charge in [0.15, 0.2) is 0 Å². The van der Waals surface area contributed by atoms with E-state index in [2.05, 4.69) is 0 Å². The number of fused-ring (bicyclic) bond motifs is 1. The lowest BCUT2D eigenvalue weighted by atomic mass is 10.1. The first-order valence-corrected chi connectivity index (χ1v) is 6.18. The second-order valence-corrected chi connectivity index (χ2v) is 4.63. The van der Waals surface area contributed by atoms with Gasteiger partial charge in [0.25, 0.3) is 11.8 Å². The van der Waals surface area contributed by atoms with E-state index in [0.29, 0.717) is 11.3 Å². The summed E-state index contributed by atoms with van der Waals surface area (Å²) < 4.78 is 0. The number of hydrogen-bond donors (Lipinski definition) is 2. The number of hydrogen-bond acceptors (Lipinski definition) is 4. The maximum Gasteiger partial charge on any atom is 0.268 e. The van der Waals surface area contributed by atoms with Gasteiger partial charge < -0.3 is 11.5 Å². The lowest BCUT2D eigenvalue weighted by Crippen LogP contribution is -2.29. The third-order valence-electron chi connectivity index (χ3n) is 3.36. The normalized spacial score (nSPS) is 13.4. The van der Waals surface area contributed by atoms with Gasteiger partial charge in [-0.3, -0.25) is 14.4 Å². The van der Waals surface area contributed by atoms with Crippen LogP contribution in [-0.2, 0) is 0 Å². The van der Waals surface area contributed by atoms with Gasteiger partial charge in [-0.2, -0.15) is 0 Å². The van der Waals surface area contributed by atoms with Gasteiger partial charge in [-0.05, 0) is 36.4 Å². The van der Waals surface area contributed by atoms with Crippen LogP contribution in [0.25, 0.3) is 0 Å². The Morgan fingerprint density at radius 2 is 1.62 bits per heavy atom. The van der Waals surface area contributed by atoms with E-state index in [1.54, 1.807) is 18.2 Å². The van der Waals surface area contributed by atoms with Crippen LogP contribution in [0.5, 0.6) is 0 Å². The lowest BCUT2D eigenvalue weighted by Gasteiger charge is -2.14. The number of rotatable bonds is 2. The predicted octanol–water partition coefficient (Wildman–Crippen LogP) is 1.17. The highest BCUT2D eigenvalue weighted by Crippen LogP contribution is 2.31. The van der Waals surface area contributed by atoms with E-state index in [-0.39, 0.29) is 16.8 Å². The second-order valence-electron chi connectivity index (χ2n) is 4.63. The number of carbonyl (C=O) groups excluding carboxylic acids is 3. The van der Waals surface area contributed by atoms with Crippen LogP contribution >= 0.6 is 0 Å². The van der Waals surface area contributed by atoms with E-state index in [0.717, 1.165) is 4.90 Å². The monoisotopic (exact) mass is 281 g/mol. The van der Waals surface area contributed by atoms with Crippen molar-refractivity contribution >= 4 is 29.1 Å². The number of amides is 3. The van der Waals surface area contributed by atoms with Crippen molar-refractivity contribution in [3.63, 3.8) is 0 Å². The van der Waals surface area contributed by atoms with Crippen molar-refractivity contribution in [3.05, 3.63) is 59.2 Å². The van der Waals surface area contributed by atoms with Gasteiger partial charge in [0, 0.05) is 11.3 Å². The minimum Gasteiger partial charge on any atom is -0.398 e. The van der Waals surface area contributed by atoms with Crippen LogP contribution in [0.1, 0.15) is 31.1 Å². The number of nitrogens with two attached hydrogens (primary N) is 2. The molecule has 0 radical (unpaired) electrons. The Morgan fingerprint density at radius 3 is 2.19 bits per heavy atom. The zero-order chi connectivity index (χ0) is 15.1. The van der Waals surface area contributed by atoms with Crippen molar-refractivity contribution in [2.45, 2.75) is 0 Å². The number of primary amides is 1. The van der Waals surface area contributed by atoms with Crippen molar-refractivity contribution in [1.82, 2.24) is 0 Å². The number of benzene rings is 2. The summed E-state index contributed by atoms with van der Waals surface area (Å²) in [6.07, 6.45) is 0. The van der Waals surface area contributed by atoms with Crippen molar-refractivity contribution in [1.29, 1.82) is 0 Å². The first kappa shape index (κ1) is 12.9. The zero-order valence-corrected chi connectivity index (χ0v) is 10.9. The summed E-state index contributed by atoms with van der Waals surface area (Å²) in [5, 5.41) is 0. The standard InChI is InChI=1S/C15H11N3O3/c16-11-3-1-2-10-12(11)15(21)18(14(10)20)9-6-4-8(5-7-9)13(17)19/h1-7H,16H2,(H2,17,19). The Morgan fingerprint density at radius 1 is 0.952 bits per heavy atom. The van der Waals surface area contributed by atoms with Crippen LogP contribution < -0.4 is 16.4 Å². The smallest absolute Gasteiger partial charge is 0.268 e. The molecule has 6 nitrogen and oxygen atoms in total. The van der Waals surface area contributed by atoms with Crippen LogP contribution in [0.2, 0.25) is 0 Å². The fraction of sp³-hybridized carbons (Fsp3) is 0. The molecule has 0 unspecified atom stereocenters. The summed E-state index contributed by atoms with van der Waals surface area (Å²) in [5.74, 6) is -1.48. The number of nitrogens with zero attached hydrogens (tertiary/aromatic N) is 1. The first-order chi connectivity index (χ1) is 10.0. The molecule has 104 valence electrons. The highest BCUT2D eigenvalue weighted by atomic mass is 16.2. The van der Waals surface area contributed by atoms with Crippen LogP contribution in [0.3, 0.4) is 0 Å². The Labute approximate surface area is 120 Å². The molecule has 2 aromatic carbocycles. The Kier molecular flexibility index (Phi) is 2.72. The summed E-state index contributed by atoms with van der Waals surface area (Å²) in [5.41, 5.74) is 12.3. The molecule has 0 bridgehead atoms. The topological polar surface area (TPSA) is 106 Å². The molecule has 6 heteroatoms. The summed E-state index contributed by atoms with van der Waals surface area (Å²) in [7, 11) is 0. The minimum absolute atomic E-state index is 0.210. The fourth-order valence-corrected chi connectivity index (χ4v) is 2.32. The number of imide groups is 1. The summed E-state index contributed by atoms with van der Waals surface area (Å²) in [6, 6.07) is 10.7. The van der Waals surface area contributed by atoms with Crippen molar-refractivity contribution in [3.8, 4) is 0 Å². The number of nitrogen functional groups attached to an aromatic ring is 1. The van der Waals surface area contributed by atoms with Crippen molar-refractivity contribution in [2.75, 3.05) is 10.6 Å². The zero-order valence-electron chi connectivity index (χ0n) is 10.9. The molecule has 2 aromatic rings. The molecule has 3 rings (SSSR count). The molecule has 3 amide bonds. The maximum absolute atomic E-state index is 12.4. The van der Waals surface area contributed by atoms with Gasteiger partial charge in [0.1, 0.15) is 0 Å². The van der Waals surface area contributed by atoms with E-state index in [9.17, 15) is 14.4 Å². The Hall–Kier alpha value is -3.15. The summed E-state index contributed by atoms with van der Waals surface area (Å²) in [6.45, 7) is 0. The highest BCUT2D eigenvalue weighted by molar-refractivity contribution is 6.36. The minimum atomic E-state index is -0.576. The van der Waals surface area contributed by atoms with Gasteiger partial charge in [-0.15, -0.1) is 0 Å². The summed E-state index contributed by atoms with van der Waals surface area (Å²) >= 11 is 0. The molecule has 0 spiro atoms. The third-order valence-corrected chi connectivity index (χ3v) is 3.36. The molecule has 0 atom stereocenters. The molecule has 0 saturated heterocycles. The van der Waals surface area contributed by atoms with Gasteiger partial charge in [-0.1, -0.05) is 6.07 Å². The predicted molar refractivity (Wildman–Crippen MR) is 77.0 cm³/mol. The van der Waals surface area contributed by atoms with E-state index in [1.807, 2.05) is 0 Å². The highest BCUT2D eigenvalue weighted by Gasteiger charge is 2.37. The fourth-order valence-electron chi connectivity index (χ4n) is 2.32. The average molecular weight is 281 g/mol. The van der Waals surface area contributed by atoms with E-state index in [1.165, 1.54) is 24.3 Å². The van der Waals surface area contributed by atoms with Crippen molar-refractivity contribution < 1.29 is 14.4 Å². The lowest BCUT2D eigenvalue weighted by molar-refractivity contribution is 0.0925. The van der Waals surface area contributed by atoms with E-state index in [4.69, 9.17) is 11.5 Å². The molecule has 1 heterocycles. The number of anilines is 2. The van der Waals surface area contributed by atoms with Crippen molar-refractivity contribution in [2.24, 2.45) is 5.73 Å². The van der Waals surface area contributed by atoms with Gasteiger partial charge in [0.05, 0.1) is 16.8 Å². The van der Waals surface area contributed by atoms with Crippen LogP contribution in [-0.4, -0.2) is 17.7 Å². The van der Waals surface area contributed by atoms with Gasteiger partial charge >= 0.3 is 0 Å². The molecule has 0 aliphatic carbocycles. The molecular formula is C15H11N3O3. The van der Waals surface area contributed by atoms with Gasteiger partial charge in [-0.25, -0.2) is 4.90 Å². The molecule has 1 aliphatic rings. The molecule has 0 saturated carbocycles. The maximum atomic E-state index is 12.4. The molecular weight excluding hydrogens is 270 g/mol. The first-order valence-electron chi connectivity index (χ1n) is 6.18. The van der Waals surface area contributed by atoms with Crippen LogP contribution in [0.15, 0.2) is 42.5 Å².